The number of carbonyl (C=O) groups is 1. The zero-order valence-electron chi connectivity index (χ0n) is 8.07. The average molecular weight is 281 g/mol. The number of rotatable bonds is 0. The summed E-state index contributed by atoms with van der Waals surface area (Å²) in [5.41, 5.74) is 1.75. The van der Waals surface area contributed by atoms with E-state index in [9.17, 15) is 4.79 Å². The zero-order valence-corrected chi connectivity index (χ0v) is 10.5. The molecule has 16 heavy (non-hydrogen) atoms. The van der Waals surface area contributed by atoms with Crippen LogP contribution in [0, 0.1) is 0 Å². The van der Waals surface area contributed by atoms with Crippen molar-refractivity contribution < 1.29 is 9.90 Å². The second kappa shape index (κ2) is 6.52. The lowest BCUT2D eigenvalue weighted by molar-refractivity contribution is 0.167. The molecular formula is C9H10Cl2N2O2S. The third kappa shape index (κ3) is 3.23. The Morgan fingerprint density at radius 2 is 2.25 bits per heavy atom. The Kier molecular flexibility index (Phi) is 6.10. The number of allylic oxidation sites excluding steroid dienone is 1. The van der Waals surface area contributed by atoms with Gasteiger partial charge in [0.2, 0.25) is 0 Å². The summed E-state index contributed by atoms with van der Waals surface area (Å²) in [6.07, 6.45) is 5.94. The van der Waals surface area contributed by atoms with Gasteiger partial charge in [0.15, 0.2) is 0 Å². The molecule has 1 amide bonds. The number of aromatic nitrogens is 1. The normalized spacial score (nSPS) is 19.1. The highest BCUT2D eigenvalue weighted by Crippen LogP contribution is 1.94. The number of nitrogens with zero attached hydrogens (tertiary/aromatic N) is 2. The predicted octanol–water partition coefficient (Wildman–Crippen LogP) is 1.06. The largest absolute Gasteiger partial charge is 0.465 e. The van der Waals surface area contributed by atoms with Crippen LogP contribution in [-0.2, 0) is 0 Å². The number of hydrogen-bond acceptors (Lipinski definition) is 3. The number of amides is 1. The molecule has 0 bridgehead atoms. The van der Waals surface area contributed by atoms with Crippen molar-refractivity contribution in [2.24, 2.45) is 0 Å². The number of carboxylic acid groups (broad SMARTS) is 1. The first-order chi connectivity index (χ1) is 6.77. The fourth-order valence-corrected chi connectivity index (χ4v) is 1.86. The Morgan fingerprint density at radius 3 is 2.94 bits per heavy atom. The molecule has 7 heteroatoms. The Labute approximate surface area is 108 Å². The number of fused-ring (bicyclic) bond motifs is 1. The number of thiazole rings is 1. The number of hydrogen-bond donors (Lipinski definition) is 1. The summed E-state index contributed by atoms with van der Waals surface area (Å²) in [5.74, 6) is 0. The maximum Gasteiger partial charge on any atom is 0.411 e. The van der Waals surface area contributed by atoms with Gasteiger partial charge in [0.1, 0.15) is 0 Å². The molecule has 1 aliphatic rings. The van der Waals surface area contributed by atoms with E-state index in [4.69, 9.17) is 5.11 Å². The summed E-state index contributed by atoms with van der Waals surface area (Å²) in [4.78, 5) is 16.1. The van der Waals surface area contributed by atoms with Crippen LogP contribution < -0.4 is 9.88 Å². The van der Waals surface area contributed by atoms with Crippen molar-refractivity contribution in [3.05, 3.63) is 27.7 Å². The summed E-state index contributed by atoms with van der Waals surface area (Å²) in [7, 11) is 0. The Morgan fingerprint density at radius 1 is 1.50 bits per heavy atom. The summed E-state index contributed by atoms with van der Waals surface area (Å²) < 4.78 is 1.01. The molecule has 0 saturated heterocycles. The van der Waals surface area contributed by atoms with Crippen molar-refractivity contribution >= 4 is 54.4 Å². The van der Waals surface area contributed by atoms with E-state index in [1.54, 1.807) is 17.7 Å². The van der Waals surface area contributed by atoms with E-state index in [1.165, 1.54) is 22.4 Å². The minimum Gasteiger partial charge on any atom is -0.465 e. The van der Waals surface area contributed by atoms with Crippen molar-refractivity contribution in [2.75, 3.05) is 6.54 Å². The lowest BCUT2D eigenvalue weighted by Crippen LogP contribution is -2.29. The van der Waals surface area contributed by atoms with Gasteiger partial charge in [0, 0.05) is 12.7 Å². The molecule has 1 aromatic heterocycles. The molecule has 4 nitrogen and oxygen atoms in total. The lowest BCUT2D eigenvalue weighted by atomic mass is 10.4. The highest BCUT2D eigenvalue weighted by atomic mass is 35.5. The maximum absolute atomic E-state index is 10.7. The summed E-state index contributed by atoms with van der Waals surface area (Å²) in [5, 5.41) is 9.68. The quantitative estimate of drug-likeness (QED) is 0.773. The molecule has 0 atom stereocenters. The van der Waals surface area contributed by atoms with Crippen molar-refractivity contribution in [1.82, 2.24) is 9.88 Å². The molecule has 0 aliphatic carbocycles. The first kappa shape index (κ1) is 15.0. The minimum absolute atomic E-state index is 0. The SMILES string of the molecule is Cl.Cl.O=C(O)N1\C=C/C=c2/ncs/c2=C/C1. The van der Waals surface area contributed by atoms with Gasteiger partial charge in [-0.15, -0.1) is 36.2 Å². The van der Waals surface area contributed by atoms with E-state index in [0.717, 1.165) is 9.88 Å². The molecule has 1 N–H and O–H groups in total. The van der Waals surface area contributed by atoms with Gasteiger partial charge in [-0.2, -0.15) is 0 Å². The van der Waals surface area contributed by atoms with Crippen LogP contribution in [0.1, 0.15) is 0 Å². The van der Waals surface area contributed by atoms with E-state index in [0.29, 0.717) is 6.54 Å². The molecule has 1 aromatic rings. The third-order valence-electron chi connectivity index (χ3n) is 1.86. The van der Waals surface area contributed by atoms with E-state index in [1.807, 2.05) is 6.08 Å². The fraction of sp³-hybridized carbons (Fsp3) is 0.111. The number of halogens is 2. The van der Waals surface area contributed by atoms with Crippen LogP contribution in [0.4, 0.5) is 4.79 Å². The first-order valence-electron chi connectivity index (χ1n) is 4.05. The summed E-state index contributed by atoms with van der Waals surface area (Å²) in [6, 6.07) is 0. The van der Waals surface area contributed by atoms with E-state index < -0.39 is 6.09 Å². The molecule has 0 unspecified atom stereocenters. The predicted molar refractivity (Wildman–Crippen MR) is 68.7 cm³/mol. The van der Waals surface area contributed by atoms with E-state index >= 15 is 0 Å². The zero-order chi connectivity index (χ0) is 9.97. The molecular weight excluding hydrogens is 271 g/mol. The van der Waals surface area contributed by atoms with Gasteiger partial charge in [0.05, 0.1) is 15.4 Å². The molecule has 0 spiro atoms. The molecule has 88 valence electrons. The monoisotopic (exact) mass is 280 g/mol. The van der Waals surface area contributed by atoms with Gasteiger partial charge >= 0.3 is 6.09 Å². The van der Waals surface area contributed by atoms with Gasteiger partial charge in [-0.05, 0) is 18.2 Å². The second-order valence-electron chi connectivity index (χ2n) is 2.75. The minimum atomic E-state index is -0.945. The average Bonchev–Trinajstić information content (AvgIpc) is 2.51. The van der Waals surface area contributed by atoms with Gasteiger partial charge in [-0.1, -0.05) is 0 Å². The first-order valence-corrected chi connectivity index (χ1v) is 4.93. The van der Waals surface area contributed by atoms with Crippen LogP contribution in [0.2, 0.25) is 0 Å². The smallest absolute Gasteiger partial charge is 0.411 e. The summed E-state index contributed by atoms with van der Waals surface area (Å²) in [6.45, 7) is 0.370. The van der Waals surface area contributed by atoms with Crippen molar-refractivity contribution in [3.63, 3.8) is 0 Å². The van der Waals surface area contributed by atoms with Crippen molar-refractivity contribution in [3.8, 4) is 0 Å². The van der Waals surface area contributed by atoms with Crippen LogP contribution in [0.15, 0.2) is 17.8 Å². The van der Waals surface area contributed by atoms with E-state index in [2.05, 4.69) is 4.98 Å². The maximum atomic E-state index is 10.7. The topological polar surface area (TPSA) is 53.4 Å². The standard InChI is InChI=1S/C9H8N2O2S.2ClH/c12-9(13)11-4-1-2-7-8(3-5-11)14-6-10-7;;/h1-4,6H,5H2,(H,12,13);2*1H/b4-1-,7-2+,8-3+;;. The van der Waals surface area contributed by atoms with Gasteiger partial charge in [0.25, 0.3) is 0 Å². The second-order valence-corrected chi connectivity index (χ2v) is 3.64. The molecule has 2 heterocycles. The highest BCUT2D eigenvalue weighted by Gasteiger charge is 2.06. The van der Waals surface area contributed by atoms with Crippen LogP contribution in [-0.4, -0.2) is 27.6 Å². The molecule has 0 radical (unpaired) electrons. The van der Waals surface area contributed by atoms with Gasteiger partial charge in [-0.3, -0.25) is 4.90 Å². The molecule has 0 saturated carbocycles. The van der Waals surface area contributed by atoms with E-state index in [-0.39, 0.29) is 24.8 Å². The van der Waals surface area contributed by atoms with Crippen LogP contribution in [0.25, 0.3) is 12.2 Å². The van der Waals surface area contributed by atoms with Gasteiger partial charge in [-0.25, -0.2) is 9.78 Å². The van der Waals surface area contributed by atoms with Crippen molar-refractivity contribution in [2.45, 2.75) is 0 Å². The van der Waals surface area contributed by atoms with Gasteiger partial charge < -0.3 is 5.11 Å². The Bertz CT molecular complexity index is 498. The molecule has 0 fully saturated rings. The Balaban J connectivity index is 0.00000112. The molecule has 0 aromatic carbocycles. The molecule has 2 rings (SSSR count). The van der Waals surface area contributed by atoms with Crippen LogP contribution >= 0.6 is 36.2 Å². The van der Waals surface area contributed by atoms with Crippen LogP contribution in [0.3, 0.4) is 0 Å². The summed E-state index contributed by atoms with van der Waals surface area (Å²) >= 11 is 1.51. The fourth-order valence-electron chi connectivity index (χ4n) is 1.16. The Hall–Kier alpha value is -1.04. The van der Waals surface area contributed by atoms with Crippen molar-refractivity contribution in [1.29, 1.82) is 0 Å². The molecule has 1 aliphatic heterocycles. The van der Waals surface area contributed by atoms with Crippen LogP contribution in [0.5, 0.6) is 0 Å². The lowest BCUT2D eigenvalue weighted by Gasteiger charge is -2.11. The third-order valence-corrected chi connectivity index (χ3v) is 2.70. The highest BCUT2D eigenvalue weighted by molar-refractivity contribution is 7.07.